The number of hydrogen-bond acceptors (Lipinski definition) is 2. The first-order valence-electron chi connectivity index (χ1n) is 31.7. The molecule has 0 amide bonds. The predicted molar refractivity (Wildman–Crippen MR) is 385 cm³/mol. The molecule has 0 atom stereocenters. The Bertz CT molecular complexity index is 4740. The maximum Gasteiger partial charge on any atom is 0.252 e. The number of aromatic nitrogens is 1. The van der Waals surface area contributed by atoms with Crippen LogP contribution in [0.1, 0.15) is 52.7 Å². The van der Waals surface area contributed by atoms with Gasteiger partial charge in [0.1, 0.15) is 0 Å². The summed E-state index contributed by atoms with van der Waals surface area (Å²) in [7, 11) is 0. The van der Waals surface area contributed by atoms with Crippen molar-refractivity contribution in [2.24, 2.45) is 0 Å². The number of benzene rings is 13. The Labute approximate surface area is 529 Å². The zero-order chi connectivity index (χ0) is 60.8. The van der Waals surface area contributed by atoms with E-state index in [1.807, 2.05) is 0 Å². The van der Waals surface area contributed by atoms with Crippen molar-refractivity contribution >= 4 is 79.0 Å². The molecule has 0 spiro atoms. The highest BCUT2D eigenvalue weighted by Gasteiger charge is 2.44. The predicted octanol–water partition coefficient (Wildman–Crippen LogP) is 21.5. The van der Waals surface area contributed by atoms with Crippen LogP contribution in [0.25, 0.3) is 94.3 Å². The maximum absolute atomic E-state index is 2.58. The molecule has 0 fully saturated rings. The third kappa shape index (κ3) is 9.36. The molecule has 13 aromatic carbocycles. The molecule has 430 valence electrons. The Morgan fingerprint density at radius 3 is 0.956 bits per heavy atom. The molecule has 0 saturated heterocycles. The highest BCUT2D eigenvalue weighted by molar-refractivity contribution is 7.00. The van der Waals surface area contributed by atoms with Gasteiger partial charge in [-0.25, -0.2) is 0 Å². The van der Waals surface area contributed by atoms with Gasteiger partial charge in [-0.05, 0) is 166 Å². The summed E-state index contributed by atoms with van der Waals surface area (Å²) in [5, 5.41) is 2.50. The molecule has 14 aromatic rings. The quantitative estimate of drug-likeness (QED) is 0.133. The first kappa shape index (κ1) is 54.7. The molecule has 2 aliphatic heterocycles. The fourth-order valence-electron chi connectivity index (χ4n) is 14.3. The summed E-state index contributed by atoms with van der Waals surface area (Å²) < 4.78 is 2.58. The summed E-state index contributed by atoms with van der Waals surface area (Å²) in [5.41, 5.74) is 30.9. The highest BCUT2D eigenvalue weighted by atomic mass is 15.2. The third-order valence-corrected chi connectivity index (χ3v) is 18.9. The summed E-state index contributed by atoms with van der Waals surface area (Å²) in [6, 6.07) is 114. The zero-order valence-electron chi connectivity index (χ0n) is 51.8. The van der Waals surface area contributed by atoms with E-state index in [-0.39, 0.29) is 17.5 Å². The second-order valence-electron chi connectivity index (χ2n) is 26.5. The van der Waals surface area contributed by atoms with Crippen molar-refractivity contribution in [3.63, 3.8) is 0 Å². The zero-order valence-corrected chi connectivity index (χ0v) is 51.8. The molecule has 3 nitrogen and oxygen atoms in total. The lowest BCUT2D eigenvalue weighted by Gasteiger charge is -2.44. The third-order valence-electron chi connectivity index (χ3n) is 18.9. The highest BCUT2D eigenvalue weighted by Crippen LogP contribution is 2.49. The Balaban J connectivity index is 0.972. The van der Waals surface area contributed by atoms with Crippen molar-refractivity contribution in [3.05, 3.63) is 314 Å². The molecule has 4 heteroatoms. The van der Waals surface area contributed by atoms with Crippen LogP contribution in [-0.4, -0.2) is 11.3 Å². The first-order chi connectivity index (χ1) is 43.9. The molecule has 0 unspecified atom stereocenters. The van der Waals surface area contributed by atoms with E-state index in [1.165, 1.54) is 116 Å². The normalized spacial score (nSPS) is 12.7. The number of para-hydroxylation sites is 2. The molecule has 16 rings (SSSR count). The van der Waals surface area contributed by atoms with E-state index in [1.54, 1.807) is 0 Å². The van der Waals surface area contributed by atoms with Gasteiger partial charge < -0.3 is 14.4 Å². The van der Waals surface area contributed by atoms with Crippen molar-refractivity contribution in [3.8, 4) is 72.4 Å². The van der Waals surface area contributed by atoms with E-state index >= 15 is 0 Å². The van der Waals surface area contributed by atoms with Gasteiger partial charge in [0, 0.05) is 44.9 Å². The molecule has 0 saturated carbocycles. The van der Waals surface area contributed by atoms with Crippen LogP contribution in [0.15, 0.2) is 303 Å². The number of nitrogens with zero attached hydrogens (tertiary/aromatic N) is 3. The average molecular weight is 1150 g/mol. The van der Waals surface area contributed by atoms with Gasteiger partial charge in [0.05, 0.1) is 16.7 Å². The van der Waals surface area contributed by atoms with Crippen LogP contribution in [0.4, 0.5) is 34.1 Å². The van der Waals surface area contributed by atoms with E-state index in [9.17, 15) is 0 Å². The molecular formula is C86H68BN3. The summed E-state index contributed by atoms with van der Waals surface area (Å²) in [6.45, 7) is 13.8. The minimum atomic E-state index is -0.179. The van der Waals surface area contributed by atoms with E-state index in [0.29, 0.717) is 0 Å². The fraction of sp³-hybridized carbons (Fsp3) is 0.0930. The maximum atomic E-state index is 2.58. The van der Waals surface area contributed by atoms with E-state index in [4.69, 9.17) is 0 Å². The summed E-state index contributed by atoms with van der Waals surface area (Å²) >= 11 is 0. The Kier molecular flexibility index (Phi) is 13.1. The number of hydrogen-bond donors (Lipinski definition) is 0. The molecule has 0 radical (unpaired) electrons. The van der Waals surface area contributed by atoms with Gasteiger partial charge in [-0.1, -0.05) is 284 Å². The molecule has 2 aliphatic rings. The van der Waals surface area contributed by atoms with Crippen molar-refractivity contribution in [2.75, 3.05) is 9.80 Å². The molecule has 0 bridgehead atoms. The number of anilines is 6. The van der Waals surface area contributed by atoms with Crippen LogP contribution in [0.3, 0.4) is 0 Å². The van der Waals surface area contributed by atoms with E-state index in [0.717, 1.165) is 39.8 Å². The van der Waals surface area contributed by atoms with Crippen LogP contribution >= 0.6 is 0 Å². The van der Waals surface area contributed by atoms with Crippen molar-refractivity contribution in [1.82, 2.24) is 4.57 Å². The Morgan fingerprint density at radius 2 is 0.578 bits per heavy atom. The topological polar surface area (TPSA) is 11.4 Å². The molecule has 0 N–H and O–H groups in total. The van der Waals surface area contributed by atoms with Crippen LogP contribution in [0.5, 0.6) is 0 Å². The standard InChI is InChI=1S/C86H68BN3/c1-85(2,3)65-45-47-74-75-48-46-66(86(4,5)6)54-81(75)90(80(74)53-65)69-55-82-84-83(56-69)89(68-29-17-10-18-30-68)79-50-44-64(73-34-22-20-32-71(73)62-41-37-60(38-42-62)58-25-13-8-14-26-58)52-77(79)87(84)76-51-63(43-49-78(76)88(82)67-27-15-9-16-28-67)72-33-21-19-31-70(72)61-39-35-59(36-40-61)57-23-11-7-12-24-57/h7-56H,1-6H3. The van der Waals surface area contributed by atoms with Crippen molar-refractivity contribution < 1.29 is 0 Å². The van der Waals surface area contributed by atoms with E-state index in [2.05, 4.69) is 359 Å². The molecule has 3 heterocycles. The largest absolute Gasteiger partial charge is 0.311 e. The lowest BCUT2D eigenvalue weighted by Crippen LogP contribution is -2.61. The van der Waals surface area contributed by atoms with Gasteiger partial charge in [-0.2, -0.15) is 0 Å². The van der Waals surface area contributed by atoms with Gasteiger partial charge in [0.25, 0.3) is 6.71 Å². The summed E-state index contributed by atoms with van der Waals surface area (Å²) in [4.78, 5) is 5.13. The summed E-state index contributed by atoms with van der Waals surface area (Å²) in [5.74, 6) is 0. The molecule has 0 aliphatic carbocycles. The van der Waals surface area contributed by atoms with Crippen LogP contribution in [0.2, 0.25) is 0 Å². The van der Waals surface area contributed by atoms with Crippen molar-refractivity contribution in [2.45, 2.75) is 52.4 Å². The monoisotopic (exact) mass is 1150 g/mol. The second kappa shape index (κ2) is 21.6. The molecule has 1 aromatic heterocycles. The van der Waals surface area contributed by atoms with Crippen molar-refractivity contribution in [1.29, 1.82) is 0 Å². The minimum Gasteiger partial charge on any atom is -0.311 e. The second-order valence-corrected chi connectivity index (χ2v) is 26.5. The smallest absolute Gasteiger partial charge is 0.252 e. The lowest BCUT2D eigenvalue weighted by molar-refractivity contribution is 0.591. The average Bonchev–Trinajstić information content (AvgIpc) is 0.858. The molecule has 90 heavy (non-hydrogen) atoms. The Morgan fingerprint density at radius 1 is 0.256 bits per heavy atom. The van der Waals surface area contributed by atoms with E-state index < -0.39 is 0 Å². The number of rotatable bonds is 9. The van der Waals surface area contributed by atoms with Crippen LogP contribution < -0.4 is 26.2 Å². The van der Waals surface area contributed by atoms with Crippen LogP contribution in [0, 0.1) is 0 Å². The SMILES string of the molecule is CC(C)(C)c1ccc2c3ccc(C(C)(C)C)cc3n(-c3cc4c5c(c3)N(c3ccccc3)c3ccc(-c6ccccc6-c6ccc(-c7ccccc7)cc6)cc3B5c3cc(-c5ccccc5-c5ccc(-c6ccccc6)cc5)ccc3N4c3ccccc3)c2c1. The van der Waals surface area contributed by atoms with Gasteiger partial charge in [0.2, 0.25) is 0 Å². The lowest BCUT2D eigenvalue weighted by atomic mass is 9.33. The fourth-order valence-corrected chi connectivity index (χ4v) is 14.3. The number of fused-ring (bicyclic) bond motifs is 7. The minimum absolute atomic E-state index is 0.0680. The molecular weight excluding hydrogens is 1090 g/mol. The first-order valence-corrected chi connectivity index (χ1v) is 31.7. The van der Waals surface area contributed by atoms with Gasteiger partial charge in [-0.15, -0.1) is 0 Å². The van der Waals surface area contributed by atoms with Gasteiger partial charge in [-0.3, -0.25) is 0 Å². The Hall–Kier alpha value is -10.7. The van der Waals surface area contributed by atoms with Gasteiger partial charge in [0.15, 0.2) is 0 Å². The summed E-state index contributed by atoms with van der Waals surface area (Å²) in [6.07, 6.45) is 0. The van der Waals surface area contributed by atoms with Crippen LogP contribution in [-0.2, 0) is 10.8 Å². The van der Waals surface area contributed by atoms with Gasteiger partial charge >= 0.3 is 0 Å².